The first-order valence-corrected chi connectivity index (χ1v) is 3.04. The zero-order chi connectivity index (χ0) is 6.81. The van der Waals surface area contributed by atoms with Crippen molar-refractivity contribution in [3.8, 4) is 0 Å². The van der Waals surface area contributed by atoms with Gasteiger partial charge in [0.15, 0.2) is 12.5 Å². The second kappa shape index (κ2) is 2.06. The summed E-state index contributed by atoms with van der Waals surface area (Å²) in [5, 5.41) is 2.10. The van der Waals surface area contributed by atoms with E-state index in [-0.39, 0.29) is 0 Å². The molecule has 0 fully saturated rings. The van der Waals surface area contributed by atoms with E-state index in [9.17, 15) is 0 Å². The molecule has 1 aromatic rings. The normalized spacial score (nSPS) is 13.2. The van der Waals surface area contributed by atoms with Gasteiger partial charge in [-0.05, 0) is 0 Å². The number of rotatable bonds is 0. The molecular weight excluding hydrogens is 128 g/mol. The van der Waals surface area contributed by atoms with Crippen LogP contribution >= 0.6 is 0 Å². The average molecular weight is 134 g/mol. The van der Waals surface area contributed by atoms with Crippen molar-refractivity contribution >= 4 is 12.5 Å². The standard InChI is InChI=1S/C8H6O2/c1-2-4-8-6-10-9-5-7(8)3-1/h1-6H. The van der Waals surface area contributed by atoms with Gasteiger partial charge < -0.3 is 0 Å². The Morgan fingerprint density at radius 2 is 1.30 bits per heavy atom. The molecule has 1 aliphatic heterocycles. The summed E-state index contributed by atoms with van der Waals surface area (Å²) in [6.07, 6.45) is 3.16. The molecule has 10 heavy (non-hydrogen) atoms. The van der Waals surface area contributed by atoms with Crippen LogP contribution in [0.1, 0.15) is 0 Å². The van der Waals surface area contributed by atoms with E-state index in [0.717, 1.165) is 10.4 Å². The molecule has 50 valence electrons. The molecule has 1 aliphatic rings. The monoisotopic (exact) mass is 134 g/mol. The van der Waals surface area contributed by atoms with E-state index < -0.39 is 0 Å². The van der Waals surface area contributed by atoms with Gasteiger partial charge in [0.25, 0.3) is 0 Å². The summed E-state index contributed by atoms with van der Waals surface area (Å²) >= 11 is 0. The van der Waals surface area contributed by atoms with Gasteiger partial charge in [-0.15, -0.1) is 0 Å². The van der Waals surface area contributed by atoms with Crippen molar-refractivity contribution in [1.29, 1.82) is 0 Å². The fourth-order valence-corrected chi connectivity index (χ4v) is 0.885. The number of benzene rings is 1. The summed E-state index contributed by atoms with van der Waals surface area (Å²) in [6, 6.07) is 7.85. The Balaban J connectivity index is 2.84. The second-order valence-electron chi connectivity index (χ2n) is 2.06. The molecule has 0 saturated carbocycles. The van der Waals surface area contributed by atoms with Gasteiger partial charge in [-0.25, -0.2) is 0 Å². The second-order valence-corrected chi connectivity index (χ2v) is 2.06. The molecule has 2 heteroatoms. The van der Waals surface area contributed by atoms with E-state index in [0.29, 0.717) is 0 Å². The largest absolute Gasteiger partial charge is 0.298 e. The van der Waals surface area contributed by atoms with Crippen LogP contribution in [-0.2, 0) is 9.78 Å². The van der Waals surface area contributed by atoms with Gasteiger partial charge >= 0.3 is 0 Å². The number of hydrogen-bond acceptors (Lipinski definition) is 2. The fourth-order valence-electron chi connectivity index (χ4n) is 0.885. The summed E-state index contributed by atoms with van der Waals surface area (Å²) < 4.78 is 0. The van der Waals surface area contributed by atoms with Crippen LogP contribution in [0.15, 0.2) is 24.3 Å². The molecule has 0 N–H and O–H groups in total. The van der Waals surface area contributed by atoms with Crippen molar-refractivity contribution in [3.05, 3.63) is 34.7 Å². The van der Waals surface area contributed by atoms with E-state index >= 15 is 0 Å². The molecule has 0 aromatic heterocycles. The van der Waals surface area contributed by atoms with E-state index in [1.54, 1.807) is 12.5 Å². The minimum atomic E-state index is 1.05. The summed E-state index contributed by atoms with van der Waals surface area (Å²) in [6.45, 7) is 0. The lowest BCUT2D eigenvalue weighted by atomic mass is 10.2. The molecule has 0 bridgehead atoms. The van der Waals surface area contributed by atoms with Crippen LogP contribution < -0.4 is 10.4 Å². The zero-order valence-corrected chi connectivity index (χ0v) is 5.28. The highest BCUT2D eigenvalue weighted by atomic mass is 17.2. The topological polar surface area (TPSA) is 18.5 Å². The third-order valence-electron chi connectivity index (χ3n) is 1.40. The highest BCUT2D eigenvalue weighted by molar-refractivity contribution is 5.26. The highest BCUT2D eigenvalue weighted by Crippen LogP contribution is 1.84. The Hall–Kier alpha value is -1.44. The van der Waals surface area contributed by atoms with Crippen molar-refractivity contribution in [2.24, 2.45) is 0 Å². The molecular formula is C8H6O2. The lowest BCUT2D eigenvalue weighted by Gasteiger charge is -1.99. The third kappa shape index (κ3) is 0.739. The average Bonchev–Trinajstić information content (AvgIpc) is 2.05. The van der Waals surface area contributed by atoms with Crippen molar-refractivity contribution < 1.29 is 9.78 Å². The van der Waals surface area contributed by atoms with E-state index in [4.69, 9.17) is 0 Å². The molecule has 0 saturated heterocycles. The van der Waals surface area contributed by atoms with Crippen molar-refractivity contribution in [2.75, 3.05) is 0 Å². The Morgan fingerprint density at radius 3 is 1.80 bits per heavy atom. The highest BCUT2D eigenvalue weighted by Gasteiger charge is 1.90. The van der Waals surface area contributed by atoms with Crippen LogP contribution in [0.4, 0.5) is 0 Å². The number of fused-ring (bicyclic) bond motifs is 1. The molecule has 0 radical (unpaired) electrons. The molecule has 1 aromatic carbocycles. The molecule has 2 nitrogen and oxygen atoms in total. The van der Waals surface area contributed by atoms with Gasteiger partial charge in [-0.3, -0.25) is 9.78 Å². The van der Waals surface area contributed by atoms with E-state index in [2.05, 4.69) is 9.78 Å². The molecule has 1 heterocycles. The van der Waals surface area contributed by atoms with Gasteiger partial charge in [-0.1, -0.05) is 24.3 Å². The lowest BCUT2D eigenvalue weighted by Crippen LogP contribution is -2.26. The maximum atomic E-state index is 4.62. The van der Waals surface area contributed by atoms with E-state index in [1.165, 1.54) is 0 Å². The molecule has 0 aliphatic carbocycles. The van der Waals surface area contributed by atoms with Crippen molar-refractivity contribution in [2.45, 2.75) is 0 Å². The van der Waals surface area contributed by atoms with Gasteiger partial charge in [0.2, 0.25) is 0 Å². The molecule has 0 spiro atoms. The Labute approximate surface area is 57.9 Å². The molecule has 0 atom stereocenters. The van der Waals surface area contributed by atoms with Gasteiger partial charge in [0, 0.05) is 10.4 Å². The first-order chi connectivity index (χ1) is 4.97. The van der Waals surface area contributed by atoms with Crippen LogP contribution in [0.2, 0.25) is 0 Å². The fraction of sp³-hybridized carbons (Fsp3) is 0. The maximum Gasteiger partial charge on any atom is 0.150 e. The molecule has 2 rings (SSSR count). The summed E-state index contributed by atoms with van der Waals surface area (Å²) in [7, 11) is 0. The first kappa shape index (κ1) is 5.35. The van der Waals surface area contributed by atoms with Crippen LogP contribution in [0.5, 0.6) is 0 Å². The summed E-state index contributed by atoms with van der Waals surface area (Å²) in [4.78, 5) is 9.23. The van der Waals surface area contributed by atoms with Gasteiger partial charge in [-0.2, -0.15) is 0 Å². The predicted octanol–water partition coefficient (Wildman–Crippen LogP) is 0.124. The van der Waals surface area contributed by atoms with Crippen LogP contribution in [-0.4, -0.2) is 0 Å². The lowest BCUT2D eigenvalue weighted by molar-refractivity contribution is -0.151. The van der Waals surface area contributed by atoms with Crippen LogP contribution in [0.25, 0.3) is 12.5 Å². The van der Waals surface area contributed by atoms with Crippen molar-refractivity contribution in [3.63, 3.8) is 0 Å². The first-order valence-electron chi connectivity index (χ1n) is 3.04. The van der Waals surface area contributed by atoms with Crippen LogP contribution in [0, 0.1) is 0 Å². The van der Waals surface area contributed by atoms with Crippen LogP contribution in [0.3, 0.4) is 0 Å². The Kier molecular flexibility index (Phi) is 1.10. The predicted molar refractivity (Wildman–Crippen MR) is 36.8 cm³/mol. The Morgan fingerprint density at radius 1 is 0.800 bits per heavy atom. The van der Waals surface area contributed by atoms with E-state index in [1.807, 2.05) is 24.3 Å². The summed E-state index contributed by atoms with van der Waals surface area (Å²) in [5.74, 6) is 0. The minimum Gasteiger partial charge on any atom is -0.298 e. The van der Waals surface area contributed by atoms with Gasteiger partial charge in [0.1, 0.15) is 0 Å². The number of hydrogen-bond donors (Lipinski definition) is 0. The minimum absolute atomic E-state index is 1.05. The third-order valence-corrected chi connectivity index (χ3v) is 1.40. The maximum absolute atomic E-state index is 4.62. The quantitative estimate of drug-likeness (QED) is 0.469. The van der Waals surface area contributed by atoms with Crippen molar-refractivity contribution in [1.82, 2.24) is 0 Å². The zero-order valence-electron chi connectivity index (χ0n) is 5.28. The Bertz CT molecular complexity index is 306. The molecule has 0 amide bonds. The SMILES string of the molecule is C1=c2ccccc2=COO1. The van der Waals surface area contributed by atoms with Gasteiger partial charge in [0.05, 0.1) is 0 Å². The smallest absolute Gasteiger partial charge is 0.150 e. The molecule has 0 unspecified atom stereocenters. The summed E-state index contributed by atoms with van der Waals surface area (Å²) in [5.41, 5.74) is 0.